The molecule has 0 fully saturated rings. The largest absolute Gasteiger partial charge is 0.508 e. The van der Waals surface area contributed by atoms with Gasteiger partial charge in [0.15, 0.2) is 11.9 Å². The number of aromatic hydroxyl groups is 1. The van der Waals surface area contributed by atoms with Gasteiger partial charge >= 0.3 is 5.97 Å². The number of carboxylic acids is 1. The Bertz CT molecular complexity index is 2670. The number of guanidine groups is 2. The van der Waals surface area contributed by atoms with Crippen molar-refractivity contribution in [3.05, 3.63) is 29.8 Å². The maximum atomic E-state index is 14.2. The first kappa shape index (κ1) is 80.1. The molecule has 1 aromatic carbocycles. The number of phenols is 1. The standard InChI is InChI=1S/C57H98N18O16/c1-11-30(8)44(53(88)65-24-41(79)67-37(22-27(2)3)49(84)71-39(25-76)51(86)74-43(29(6)7)55(90)91)75-52(87)40(26-77)72-54(89)42(28(4)5)73-48(83)36(15-13-21-64-57(61)62)68-46(81)32(10)66-47(82)35(14-12-20-63-56(59)60)69-50(85)38(70-45(80)31(9)58)23-33-16-18-34(78)19-17-33/h16-19,27-32,35-40,42-44,76-78H,11-15,20-26,58H2,1-10H3,(H,65,88)(H,66,82)(H,67,79)(H,68,81)(H,69,85)(H,70,80)(H,71,84)(H,72,89)(H,73,83)(H,74,86)(H,75,87)(H,90,91)(H4,59,60,63)(H4,61,62,64)/t30-,31-,32-,35-,36-,37-,38-,39-,40-,42-,43-,44-/m0/s1. The summed E-state index contributed by atoms with van der Waals surface area (Å²) in [4.78, 5) is 169. The number of phenolic OH excluding ortho intramolecular Hbond substituents is 1. The Morgan fingerprint density at radius 1 is 0.484 bits per heavy atom. The van der Waals surface area contributed by atoms with Crippen LogP contribution in [0.25, 0.3) is 0 Å². The van der Waals surface area contributed by atoms with E-state index < -0.39 is 175 Å². The second-order valence-corrected chi connectivity index (χ2v) is 23.1. The number of carbonyl (C=O) groups excluding carboxylic acids is 11. The number of rotatable bonds is 41. The second-order valence-electron chi connectivity index (χ2n) is 23.1. The van der Waals surface area contributed by atoms with Crippen molar-refractivity contribution in [3.8, 4) is 5.75 Å². The minimum Gasteiger partial charge on any atom is -0.508 e. The summed E-state index contributed by atoms with van der Waals surface area (Å²) in [5.74, 6) is -13.8. The lowest BCUT2D eigenvalue weighted by Crippen LogP contribution is -2.61. The van der Waals surface area contributed by atoms with Crippen LogP contribution in [0.2, 0.25) is 0 Å². The van der Waals surface area contributed by atoms with Gasteiger partial charge in [0.05, 0.1) is 25.8 Å². The smallest absolute Gasteiger partial charge is 0.326 e. The molecule has 0 bridgehead atoms. The minimum atomic E-state index is -1.73. The molecule has 11 amide bonds. The van der Waals surface area contributed by atoms with Gasteiger partial charge in [0, 0.05) is 19.5 Å². The van der Waals surface area contributed by atoms with E-state index in [2.05, 4.69) is 68.5 Å². The number of amides is 11. The number of benzene rings is 1. The second kappa shape index (κ2) is 40.7. The average molecular weight is 1290 g/mol. The maximum Gasteiger partial charge on any atom is 0.326 e. The Morgan fingerprint density at radius 3 is 1.35 bits per heavy atom. The fourth-order valence-electron chi connectivity index (χ4n) is 8.53. The Kier molecular flexibility index (Phi) is 35.8. The van der Waals surface area contributed by atoms with Crippen LogP contribution in [0.5, 0.6) is 5.75 Å². The van der Waals surface area contributed by atoms with Gasteiger partial charge in [0.1, 0.15) is 66.2 Å². The van der Waals surface area contributed by atoms with E-state index in [-0.39, 0.29) is 75.2 Å². The third-order valence-electron chi connectivity index (χ3n) is 14.0. The van der Waals surface area contributed by atoms with Gasteiger partial charge in [-0.05, 0) is 87.3 Å². The lowest BCUT2D eigenvalue weighted by molar-refractivity contribution is -0.144. The van der Waals surface area contributed by atoms with Gasteiger partial charge in [0.2, 0.25) is 65.0 Å². The Hall–Kier alpha value is -8.92. The molecule has 0 saturated carbocycles. The highest BCUT2D eigenvalue weighted by atomic mass is 16.4. The highest BCUT2D eigenvalue weighted by molar-refractivity contribution is 5.99. The summed E-state index contributed by atoms with van der Waals surface area (Å²) in [6, 6.07) is -9.45. The molecule has 0 radical (unpaired) electrons. The van der Waals surface area contributed by atoms with Crippen LogP contribution < -0.4 is 87.2 Å². The first-order valence-electron chi connectivity index (χ1n) is 30.0. The van der Waals surface area contributed by atoms with Crippen LogP contribution >= 0.6 is 0 Å². The van der Waals surface area contributed by atoms with E-state index in [0.717, 1.165) is 0 Å². The molecule has 0 aliphatic carbocycles. The molecule has 512 valence electrons. The zero-order valence-corrected chi connectivity index (χ0v) is 53.4. The van der Waals surface area contributed by atoms with E-state index in [1.807, 2.05) is 0 Å². The number of nitrogens with one attached hydrogen (secondary N) is 11. The molecule has 0 aliphatic heterocycles. The first-order chi connectivity index (χ1) is 42.6. The fourth-order valence-corrected chi connectivity index (χ4v) is 8.53. The Morgan fingerprint density at radius 2 is 0.901 bits per heavy atom. The molecule has 0 spiro atoms. The summed E-state index contributed by atoms with van der Waals surface area (Å²) < 4.78 is 0. The molecule has 25 N–H and O–H groups in total. The third-order valence-corrected chi connectivity index (χ3v) is 14.0. The predicted molar refractivity (Wildman–Crippen MR) is 334 cm³/mol. The normalized spacial score (nSPS) is 15.1. The van der Waals surface area contributed by atoms with Gasteiger partial charge in [-0.2, -0.15) is 0 Å². The molecule has 0 aromatic heterocycles. The molecular formula is C57H98N18O16. The number of carbonyl (C=O) groups is 12. The van der Waals surface area contributed by atoms with Gasteiger partial charge in [-0.3, -0.25) is 62.7 Å². The topological polar surface area (TPSA) is 573 Å². The lowest BCUT2D eigenvalue weighted by atomic mass is 9.97. The number of hydrogen-bond acceptors (Lipinski definition) is 18. The number of hydrogen-bond donors (Lipinski definition) is 20. The first-order valence-corrected chi connectivity index (χ1v) is 30.0. The number of nitrogens with two attached hydrogens (primary N) is 5. The van der Waals surface area contributed by atoms with E-state index in [4.69, 9.17) is 28.7 Å². The number of aliphatic imine (C=N–C) groups is 2. The van der Waals surface area contributed by atoms with E-state index in [1.54, 1.807) is 55.4 Å². The van der Waals surface area contributed by atoms with Crippen LogP contribution in [-0.4, -0.2) is 203 Å². The number of carboxylic acid groups (broad SMARTS) is 1. The zero-order chi connectivity index (χ0) is 69.4. The molecular weight excluding hydrogens is 1190 g/mol. The Labute approximate surface area is 529 Å². The predicted octanol–water partition coefficient (Wildman–Crippen LogP) is -6.15. The van der Waals surface area contributed by atoms with Crippen molar-refractivity contribution in [3.63, 3.8) is 0 Å². The third kappa shape index (κ3) is 30.0. The van der Waals surface area contributed by atoms with Gasteiger partial charge in [-0.1, -0.05) is 73.9 Å². The number of aliphatic carboxylic acids is 1. The molecule has 0 unspecified atom stereocenters. The van der Waals surface area contributed by atoms with Crippen LogP contribution in [0, 0.1) is 23.7 Å². The van der Waals surface area contributed by atoms with Crippen LogP contribution in [0.1, 0.15) is 113 Å². The molecule has 12 atom stereocenters. The number of nitrogens with zero attached hydrogens (tertiary/aromatic N) is 2. The summed E-state index contributed by atoms with van der Waals surface area (Å²) in [5.41, 5.74) is 28.3. The van der Waals surface area contributed by atoms with Crippen molar-refractivity contribution < 1.29 is 78.0 Å². The van der Waals surface area contributed by atoms with Gasteiger partial charge in [0.25, 0.3) is 0 Å². The molecule has 0 aliphatic rings. The van der Waals surface area contributed by atoms with Crippen molar-refractivity contribution in [2.75, 3.05) is 32.8 Å². The van der Waals surface area contributed by atoms with Crippen LogP contribution in [0.15, 0.2) is 34.3 Å². The molecule has 0 heterocycles. The molecule has 1 aromatic rings. The van der Waals surface area contributed by atoms with E-state index in [0.29, 0.717) is 12.0 Å². The van der Waals surface area contributed by atoms with Gasteiger partial charge in [-0.25, -0.2) is 4.79 Å². The summed E-state index contributed by atoms with van der Waals surface area (Å²) in [7, 11) is 0. The summed E-state index contributed by atoms with van der Waals surface area (Å²) in [6.07, 6.45) is 0.241. The van der Waals surface area contributed by atoms with Crippen LogP contribution in [0.3, 0.4) is 0 Å². The van der Waals surface area contributed by atoms with E-state index >= 15 is 0 Å². The average Bonchev–Trinajstić information content (AvgIpc) is 1.33. The SMILES string of the molecule is CC[C@H](C)[C@H](NC(=O)[C@H](CO)NC(=O)[C@@H](NC(=O)[C@H](CCCN=C(N)N)NC(=O)[C@H](C)NC(=O)[C@H](CCCN=C(N)N)NC(=O)[C@H](Cc1ccc(O)cc1)NC(=O)[C@H](C)N)C(C)C)C(=O)NCC(=O)N[C@@H](CC(C)C)C(=O)N[C@@H](CO)C(=O)N[C@H](C(=O)O)C(C)C. The van der Waals surface area contributed by atoms with E-state index in [9.17, 15) is 78.0 Å². The van der Waals surface area contributed by atoms with Gasteiger partial charge in [-0.15, -0.1) is 0 Å². The van der Waals surface area contributed by atoms with Crippen LogP contribution in [-0.2, 0) is 64.0 Å². The van der Waals surface area contributed by atoms with Gasteiger partial charge < -0.3 is 108 Å². The quantitative estimate of drug-likeness (QED) is 0.0165. The van der Waals surface area contributed by atoms with Crippen LogP contribution in [0.4, 0.5) is 0 Å². The molecule has 34 nitrogen and oxygen atoms in total. The van der Waals surface area contributed by atoms with Crippen molar-refractivity contribution in [2.45, 2.75) is 181 Å². The highest BCUT2D eigenvalue weighted by Gasteiger charge is 2.36. The van der Waals surface area contributed by atoms with Crippen molar-refractivity contribution in [2.24, 2.45) is 62.3 Å². The molecule has 34 heteroatoms. The summed E-state index contributed by atoms with van der Waals surface area (Å²) in [5, 5.41) is 66.8. The monoisotopic (exact) mass is 1290 g/mol. The number of aliphatic hydroxyl groups is 2. The molecule has 91 heavy (non-hydrogen) atoms. The van der Waals surface area contributed by atoms with E-state index in [1.165, 1.54) is 38.1 Å². The summed E-state index contributed by atoms with van der Waals surface area (Å²) >= 11 is 0. The summed E-state index contributed by atoms with van der Waals surface area (Å²) in [6.45, 7) is 13.0. The minimum absolute atomic E-state index is 0.0105. The molecule has 1 rings (SSSR count). The molecule has 0 saturated heterocycles. The lowest BCUT2D eigenvalue weighted by Gasteiger charge is -2.29. The maximum absolute atomic E-state index is 14.2. The zero-order valence-electron chi connectivity index (χ0n) is 53.4. The fraction of sp³-hybridized carbons (Fsp3) is 0.649. The van der Waals surface area contributed by atoms with Crippen molar-refractivity contribution in [1.82, 2.24) is 58.5 Å². The van der Waals surface area contributed by atoms with Crippen molar-refractivity contribution in [1.29, 1.82) is 0 Å². The number of aliphatic hydroxyl groups excluding tert-OH is 2. The van der Waals surface area contributed by atoms with Crippen molar-refractivity contribution >= 4 is 82.9 Å². The Balaban J connectivity index is 3.34. The highest BCUT2D eigenvalue weighted by Crippen LogP contribution is 2.14.